The maximum absolute atomic E-state index is 12.8. The topological polar surface area (TPSA) is 76.7 Å². The first-order valence-corrected chi connectivity index (χ1v) is 11.2. The molecule has 1 N–H and O–H groups in total. The van der Waals surface area contributed by atoms with E-state index < -0.39 is 12.7 Å². The highest BCUT2D eigenvalue weighted by atomic mass is 16.7. The lowest BCUT2D eigenvalue weighted by molar-refractivity contribution is 0.00578. The molecule has 0 saturated carbocycles. The number of hydrogen-bond donors (Lipinski definition) is 1. The molecule has 0 spiro atoms. The summed E-state index contributed by atoms with van der Waals surface area (Å²) in [7, 11) is -0.422. The minimum atomic E-state index is -0.523. The van der Waals surface area contributed by atoms with Crippen LogP contribution in [0.1, 0.15) is 79.6 Å². The predicted molar refractivity (Wildman–Crippen MR) is 121 cm³/mol. The van der Waals surface area contributed by atoms with Gasteiger partial charge in [-0.2, -0.15) is 0 Å². The fourth-order valence-corrected chi connectivity index (χ4v) is 4.09. The van der Waals surface area contributed by atoms with Crippen LogP contribution in [0.4, 0.5) is 4.79 Å². The number of carbonyl (C=O) groups excluding carboxylic acids is 1. The van der Waals surface area contributed by atoms with Gasteiger partial charge in [-0.1, -0.05) is 6.07 Å². The molecule has 0 radical (unpaired) electrons. The van der Waals surface area contributed by atoms with Crippen molar-refractivity contribution in [3.05, 3.63) is 24.0 Å². The average Bonchev–Trinajstić information content (AvgIpc) is 3.17. The second-order valence-corrected chi connectivity index (χ2v) is 10.7. The molecule has 4 rings (SSSR count). The lowest BCUT2D eigenvalue weighted by atomic mass is 9.79. The third-order valence-corrected chi connectivity index (χ3v) is 6.50. The van der Waals surface area contributed by atoms with Gasteiger partial charge in [-0.25, -0.2) is 9.78 Å². The largest absolute Gasteiger partial charge is 0.494 e. The molecule has 8 heteroatoms. The van der Waals surface area contributed by atoms with Crippen LogP contribution in [0.5, 0.6) is 0 Å². The summed E-state index contributed by atoms with van der Waals surface area (Å²) < 4.78 is 18.0. The summed E-state index contributed by atoms with van der Waals surface area (Å²) in [4.78, 5) is 22.8. The number of hydrogen-bond acceptors (Lipinski definition) is 5. The Hall–Kier alpha value is -2.06. The zero-order valence-corrected chi connectivity index (χ0v) is 19.7. The van der Waals surface area contributed by atoms with Gasteiger partial charge >= 0.3 is 13.2 Å². The van der Waals surface area contributed by atoms with Gasteiger partial charge in [-0.05, 0) is 85.3 Å². The van der Waals surface area contributed by atoms with Crippen LogP contribution in [0.2, 0.25) is 0 Å². The fourth-order valence-electron chi connectivity index (χ4n) is 4.09. The molecule has 1 amide bonds. The SMILES string of the molecule is CC(C)(C)OC(=O)N1CCCC[C@H]1c1nc2ccc(B3OC(C)(C)C(C)(C)O3)cc2[nH]1. The summed E-state index contributed by atoms with van der Waals surface area (Å²) >= 11 is 0. The summed E-state index contributed by atoms with van der Waals surface area (Å²) in [6, 6.07) is 5.91. The van der Waals surface area contributed by atoms with Crippen molar-refractivity contribution >= 4 is 29.7 Å². The number of benzene rings is 1. The molecule has 1 atom stereocenters. The van der Waals surface area contributed by atoms with Gasteiger partial charge in [0.15, 0.2) is 0 Å². The van der Waals surface area contributed by atoms with Gasteiger partial charge in [-0.15, -0.1) is 0 Å². The minimum Gasteiger partial charge on any atom is -0.444 e. The van der Waals surface area contributed by atoms with Crippen LogP contribution < -0.4 is 5.46 Å². The van der Waals surface area contributed by atoms with E-state index in [1.165, 1.54) is 0 Å². The zero-order chi connectivity index (χ0) is 22.6. The van der Waals surface area contributed by atoms with Crippen molar-refractivity contribution in [2.45, 2.75) is 90.6 Å². The lowest BCUT2D eigenvalue weighted by Crippen LogP contribution is -2.42. The molecule has 2 aromatic rings. The van der Waals surface area contributed by atoms with Gasteiger partial charge < -0.3 is 19.0 Å². The van der Waals surface area contributed by atoms with Gasteiger partial charge in [0.05, 0.1) is 28.3 Å². The van der Waals surface area contributed by atoms with Crippen molar-refractivity contribution < 1.29 is 18.8 Å². The van der Waals surface area contributed by atoms with Crippen molar-refractivity contribution in [2.75, 3.05) is 6.54 Å². The number of rotatable bonds is 2. The number of aromatic nitrogens is 2. The standard InChI is InChI=1S/C23H34BN3O4/c1-21(2,3)29-20(28)27-13-9-8-10-18(27)19-25-16-12-11-15(14-17(16)26-19)24-30-22(4,5)23(6,7)31-24/h11-12,14,18H,8-10,13H2,1-7H3,(H,25,26)/t18-/m0/s1. The lowest BCUT2D eigenvalue weighted by Gasteiger charge is -2.35. The maximum atomic E-state index is 12.8. The Labute approximate surface area is 185 Å². The van der Waals surface area contributed by atoms with E-state index in [-0.39, 0.29) is 23.3 Å². The van der Waals surface area contributed by atoms with Crippen molar-refractivity contribution in [3.8, 4) is 0 Å². The molecule has 3 heterocycles. The van der Waals surface area contributed by atoms with Crippen molar-refractivity contribution in [1.82, 2.24) is 14.9 Å². The van der Waals surface area contributed by atoms with Crippen molar-refractivity contribution in [3.63, 3.8) is 0 Å². The first-order valence-electron chi connectivity index (χ1n) is 11.2. The number of nitrogens with one attached hydrogen (secondary N) is 1. The number of imidazole rings is 1. The first kappa shape index (κ1) is 22.2. The number of carbonyl (C=O) groups is 1. The number of nitrogens with zero attached hydrogens (tertiary/aromatic N) is 2. The number of ether oxygens (including phenoxy) is 1. The predicted octanol–water partition coefficient (Wildman–Crippen LogP) is 4.32. The second-order valence-electron chi connectivity index (χ2n) is 10.7. The highest BCUT2D eigenvalue weighted by Gasteiger charge is 2.51. The molecule has 1 aromatic heterocycles. The van der Waals surface area contributed by atoms with Crippen LogP contribution in [-0.4, -0.2) is 51.4 Å². The number of amides is 1. The Morgan fingerprint density at radius 2 is 1.87 bits per heavy atom. The molecule has 0 bridgehead atoms. The van der Waals surface area contributed by atoms with Crippen LogP contribution in [0.15, 0.2) is 18.2 Å². The van der Waals surface area contributed by atoms with Gasteiger partial charge in [0.25, 0.3) is 0 Å². The van der Waals surface area contributed by atoms with Gasteiger partial charge in [-0.3, -0.25) is 4.90 Å². The Kier molecular flexibility index (Phi) is 5.37. The molecular weight excluding hydrogens is 393 g/mol. The zero-order valence-electron chi connectivity index (χ0n) is 19.7. The quantitative estimate of drug-likeness (QED) is 0.723. The Morgan fingerprint density at radius 3 is 2.52 bits per heavy atom. The second kappa shape index (κ2) is 7.52. The average molecular weight is 427 g/mol. The molecule has 168 valence electrons. The van der Waals surface area contributed by atoms with Crippen molar-refractivity contribution in [2.24, 2.45) is 0 Å². The molecule has 2 fully saturated rings. The summed E-state index contributed by atoms with van der Waals surface area (Å²) in [6.07, 6.45) is 2.61. The molecule has 0 aliphatic carbocycles. The smallest absolute Gasteiger partial charge is 0.444 e. The summed E-state index contributed by atoms with van der Waals surface area (Å²) in [5, 5.41) is 0. The van der Waals surface area contributed by atoms with E-state index in [0.717, 1.165) is 41.6 Å². The Bertz CT molecular complexity index is 963. The summed E-state index contributed by atoms with van der Waals surface area (Å²) in [6.45, 7) is 14.5. The third-order valence-electron chi connectivity index (χ3n) is 6.50. The highest BCUT2D eigenvalue weighted by molar-refractivity contribution is 6.62. The number of fused-ring (bicyclic) bond motifs is 1. The van der Waals surface area contributed by atoms with E-state index in [0.29, 0.717) is 6.54 Å². The van der Waals surface area contributed by atoms with Crippen molar-refractivity contribution in [1.29, 1.82) is 0 Å². The molecule has 1 aromatic carbocycles. The number of H-pyrrole nitrogens is 1. The molecule has 31 heavy (non-hydrogen) atoms. The molecule has 2 aliphatic rings. The molecule has 7 nitrogen and oxygen atoms in total. The van der Waals surface area contributed by atoms with E-state index in [4.69, 9.17) is 19.0 Å². The van der Waals surface area contributed by atoms with Crippen LogP contribution in [-0.2, 0) is 14.0 Å². The number of piperidine rings is 1. The normalized spacial score (nSPS) is 23.4. The minimum absolute atomic E-state index is 0.115. The molecule has 2 saturated heterocycles. The summed E-state index contributed by atoms with van der Waals surface area (Å²) in [5.74, 6) is 0.798. The fraction of sp³-hybridized carbons (Fsp3) is 0.652. The van der Waals surface area contributed by atoms with Crippen LogP contribution >= 0.6 is 0 Å². The number of likely N-dealkylation sites (tertiary alicyclic amines) is 1. The summed E-state index contributed by atoms with van der Waals surface area (Å²) in [5.41, 5.74) is 1.43. The molecule has 0 unspecified atom stereocenters. The third kappa shape index (κ3) is 4.33. The molecular formula is C23H34BN3O4. The van der Waals surface area contributed by atoms with E-state index in [1.807, 2.05) is 71.6 Å². The Balaban J connectivity index is 1.60. The first-order chi connectivity index (χ1) is 14.4. The van der Waals surface area contributed by atoms with Crippen LogP contribution in [0, 0.1) is 0 Å². The van der Waals surface area contributed by atoms with Crippen LogP contribution in [0.25, 0.3) is 11.0 Å². The van der Waals surface area contributed by atoms with E-state index in [9.17, 15) is 4.79 Å². The van der Waals surface area contributed by atoms with Gasteiger partial charge in [0, 0.05) is 6.54 Å². The van der Waals surface area contributed by atoms with Gasteiger partial charge in [0.1, 0.15) is 11.4 Å². The van der Waals surface area contributed by atoms with E-state index in [1.54, 1.807) is 0 Å². The highest BCUT2D eigenvalue weighted by Crippen LogP contribution is 2.37. The molecule has 2 aliphatic heterocycles. The van der Waals surface area contributed by atoms with Gasteiger partial charge in [0.2, 0.25) is 0 Å². The monoisotopic (exact) mass is 427 g/mol. The van der Waals surface area contributed by atoms with Crippen LogP contribution in [0.3, 0.4) is 0 Å². The van der Waals surface area contributed by atoms with E-state index in [2.05, 4.69) is 4.98 Å². The maximum Gasteiger partial charge on any atom is 0.494 e. The van der Waals surface area contributed by atoms with E-state index >= 15 is 0 Å². The number of aromatic amines is 1. The Morgan fingerprint density at radius 1 is 1.19 bits per heavy atom.